The maximum absolute atomic E-state index is 4.29. The van der Waals surface area contributed by atoms with Crippen molar-refractivity contribution < 1.29 is 0 Å². The highest BCUT2D eigenvalue weighted by atomic mass is 79.9. The molecule has 1 aliphatic rings. The molecule has 0 aliphatic carbocycles. The zero-order valence-corrected chi connectivity index (χ0v) is 11.7. The molecule has 94 valence electrons. The van der Waals surface area contributed by atoms with Gasteiger partial charge in [-0.3, -0.25) is 0 Å². The highest BCUT2D eigenvalue weighted by Gasteiger charge is 2.19. The predicted molar refractivity (Wildman–Crippen MR) is 75.4 cm³/mol. The van der Waals surface area contributed by atoms with Crippen LogP contribution in [0.4, 0.5) is 0 Å². The minimum absolute atomic E-state index is 0.475. The van der Waals surface area contributed by atoms with Gasteiger partial charge in [-0.1, -0.05) is 28.1 Å². The van der Waals surface area contributed by atoms with Crippen LogP contribution in [-0.4, -0.2) is 16.1 Å². The lowest BCUT2D eigenvalue weighted by Gasteiger charge is -2.14. The molecule has 0 bridgehead atoms. The van der Waals surface area contributed by atoms with E-state index in [0.29, 0.717) is 6.04 Å². The Bertz CT molecular complexity index is 512. The third-order valence-electron chi connectivity index (χ3n) is 3.43. The highest BCUT2D eigenvalue weighted by molar-refractivity contribution is 9.10. The number of imidazole rings is 1. The Kier molecular flexibility index (Phi) is 3.48. The van der Waals surface area contributed by atoms with Crippen LogP contribution in [0, 0.1) is 0 Å². The number of halogens is 1. The number of hydrogen-bond donors (Lipinski definition) is 1. The second-order valence-electron chi connectivity index (χ2n) is 4.72. The van der Waals surface area contributed by atoms with Crippen molar-refractivity contribution in [2.75, 3.05) is 6.54 Å². The highest BCUT2D eigenvalue weighted by Crippen LogP contribution is 2.23. The molecular formula is C14H16BrN3. The summed E-state index contributed by atoms with van der Waals surface area (Å²) < 4.78 is 3.36. The van der Waals surface area contributed by atoms with Gasteiger partial charge < -0.3 is 9.88 Å². The van der Waals surface area contributed by atoms with Crippen LogP contribution in [0.3, 0.4) is 0 Å². The zero-order chi connectivity index (χ0) is 12.4. The number of benzene rings is 1. The molecule has 18 heavy (non-hydrogen) atoms. The van der Waals surface area contributed by atoms with E-state index in [-0.39, 0.29) is 0 Å². The van der Waals surface area contributed by atoms with Gasteiger partial charge in [-0.2, -0.15) is 0 Å². The van der Waals surface area contributed by atoms with E-state index in [4.69, 9.17) is 0 Å². The van der Waals surface area contributed by atoms with Gasteiger partial charge in [-0.25, -0.2) is 4.98 Å². The van der Waals surface area contributed by atoms with Gasteiger partial charge in [0, 0.05) is 23.3 Å². The average Bonchev–Trinajstić information content (AvgIpc) is 3.02. The fourth-order valence-corrected chi connectivity index (χ4v) is 2.74. The molecule has 4 heteroatoms. The summed E-state index contributed by atoms with van der Waals surface area (Å²) >= 11 is 3.46. The minimum Gasteiger partial charge on any atom is -0.329 e. The van der Waals surface area contributed by atoms with Crippen molar-refractivity contribution in [2.45, 2.75) is 25.4 Å². The summed E-state index contributed by atoms with van der Waals surface area (Å²) in [6.07, 6.45) is 6.39. The van der Waals surface area contributed by atoms with Gasteiger partial charge in [-0.15, -0.1) is 0 Å². The van der Waals surface area contributed by atoms with Crippen molar-refractivity contribution in [3.63, 3.8) is 0 Å². The van der Waals surface area contributed by atoms with Crippen LogP contribution in [0.2, 0.25) is 0 Å². The van der Waals surface area contributed by atoms with Crippen LogP contribution in [0.15, 0.2) is 41.3 Å². The Balaban J connectivity index is 1.80. The summed E-state index contributed by atoms with van der Waals surface area (Å²) in [6, 6.07) is 8.94. The van der Waals surface area contributed by atoms with E-state index in [2.05, 4.69) is 55.1 Å². The van der Waals surface area contributed by atoms with Crippen molar-refractivity contribution in [1.82, 2.24) is 14.9 Å². The number of nitrogens with zero attached hydrogens (tertiary/aromatic N) is 2. The lowest BCUT2D eigenvalue weighted by Crippen LogP contribution is -2.17. The summed E-state index contributed by atoms with van der Waals surface area (Å²) in [7, 11) is 0. The summed E-state index contributed by atoms with van der Waals surface area (Å²) in [4.78, 5) is 4.29. The molecule has 3 rings (SSSR count). The van der Waals surface area contributed by atoms with Crippen LogP contribution in [-0.2, 0) is 6.54 Å². The third kappa shape index (κ3) is 2.49. The van der Waals surface area contributed by atoms with E-state index in [1.54, 1.807) is 0 Å². The molecule has 2 heterocycles. The SMILES string of the molecule is Brc1ccc(Cn2cncc2[C@@H]2CCCN2)cc1. The predicted octanol–water partition coefficient (Wildman–Crippen LogP) is 3.12. The molecule has 1 fully saturated rings. The maximum Gasteiger partial charge on any atom is 0.0951 e. The van der Waals surface area contributed by atoms with Gasteiger partial charge in [0.1, 0.15) is 0 Å². The van der Waals surface area contributed by atoms with Gasteiger partial charge in [0.15, 0.2) is 0 Å². The smallest absolute Gasteiger partial charge is 0.0951 e. The van der Waals surface area contributed by atoms with Crippen molar-refractivity contribution in [1.29, 1.82) is 0 Å². The van der Waals surface area contributed by atoms with E-state index in [1.807, 2.05) is 12.5 Å². The molecule has 0 amide bonds. The van der Waals surface area contributed by atoms with E-state index >= 15 is 0 Å². The van der Waals surface area contributed by atoms with Crippen LogP contribution in [0.5, 0.6) is 0 Å². The number of aromatic nitrogens is 2. The van der Waals surface area contributed by atoms with Gasteiger partial charge in [0.2, 0.25) is 0 Å². The molecule has 0 radical (unpaired) electrons. The molecule has 3 nitrogen and oxygen atoms in total. The molecule has 1 saturated heterocycles. The minimum atomic E-state index is 0.475. The Morgan fingerprint density at radius 3 is 2.89 bits per heavy atom. The first-order valence-electron chi connectivity index (χ1n) is 6.31. The van der Waals surface area contributed by atoms with E-state index in [0.717, 1.165) is 17.6 Å². The molecule has 1 atom stereocenters. The molecule has 0 unspecified atom stereocenters. The summed E-state index contributed by atoms with van der Waals surface area (Å²) in [6.45, 7) is 2.01. The molecule has 1 aliphatic heterocycles. The quantitative estimate of drug-likeness (QED) is 0.944. The van der Waals surface area contributed by atoms with Crippen molar-refractivity contribution >= 4 is 15.9 Å². The Labute approximate surface area is 115 Å². The molecular weight excluding hydrogens is 290 g/mol. The lowest BCUT2D eigenvalue weighted by atomic mass is 10.1. The molecule has 1 aromatic carbocycles. The first kappa shape index (κ1) is 11.9. The monoisotopic (exact) mass is 305 g/mol. The average molecular weight is 306 g/mol. The molecule has 1 N–H and O–H groups in total. The van der Waals surface area contributed by atoms with Gasteiger partial charge in [0.05, 0.1) is 12.0 Å². The second-order valence-corrected chi connectivity index (χ2v) is 5.64. The van der Waals surface area contributed by atoms with Gasteiger partial charge in [-0.05, 0) is 37.1 Å². The van der Waals surface area contributed by atoms with Gasteiger partial charge >= 0.3 is 0 Å². The fourth-order valence-electron chi connectivity index (χ4n) is 2.48. The first-order valence-corrected chi connectivity index (χ1v) is 7.10. The lowest BCUT2D eigenvalue weighted by molar-refractivity contribution is 0.584. The summed E-state index contributed by atoms with van der Waals surface area (Å²) in [5.74, 6) is 0. The standard InChI is InChI=1S/C14H16BrN3/c15-12-5-3-11(4-6-12)9-18-10-16-8-14(18)13-2-1-7-17-13/h3-6,8,10,13,17H,1-2,7,9H2/t13-/m0/s1. The summed E-state index contributed by atoms with van der Waals surface area (Å²) in [5.41, 5.74) is 2.60. The van der Waals surface area contributed by atoms with Gasteiger partial charge in [0.25, 0.3) is 0 Å². The van der Waals surface area contributed by atoms with Crippen molar-refractivity contribution in [2.24, 2.45) is 0 Å². The second kappa shape index (κ2) is 5.24. The summed E-state index contributed by atoms with van der Waals surface area (Å²) in [5, 5.41) is 3.53. The topological polar surface area (TPSA) is 29.9 Å². The molecule has 0 spiro atoms. The number of nitrogens with one attached hydrogen (secondary N) is 1. The molecule has 2 aromatic rings. The van der Waals surface area contributed by atoms with Crippen LogP contribution < -0.4 is 5.32 Å². The largest absolute Gasteiger partial charge is 0.329 e. The molecule has 0 saturated carbocycles. The van der Waals surface area contributed by atoms with Crippen molar-refractivity contribution in [3.05, 3.63) is 52.5 Å². The molecule has 1 aromatic heterocycles. The third-order valence-corrected chi connectivity index (χ3v) is 3.96. The van der Waals surface area contributed by atoms with E-state index < -0.39 is 0 Å². The Morgan fingerprint density at radius 2 is 2.17 bits per heavy atom. The van der Waals surface area contributed by atoms with Crippen LogP contribution >= 0.6 is 15.9 Å². The normalized spacial score (nSPS) is 19.3. The van der Waals surface area contributed by atoms with E-state index in [9.17, 15) is 0 Å². The Hall–Kier alpha value is -1.13. The van der Waals surface area contributed by atoms with Crippen LogP contribution in [0.1, 0.15) is 30.1 Å². The Morgan fingerprint density at radius 1 is 1.33 bits per heavy atom. The van der Waals surface area contributed by atoms with Crippen LogP contribution in [0.25, 0.3) is 0 Å². The first-order chi connectivity index (χ1) is 8.83. The van der Waals surface area contributed by atoms with E-state index in [1.165, 1.54) is 24.1 Å². The number of rotatable bonds is 3. The van der Waals surface area contributed by atoms with Crippen molar-refractivity contribution in [3.8, 4) is 0 Å². The zero-order valence-electron chi connectivity index (χ0n) is 10.1. The maximum atomic E-state index is 4.29. The fraction of sp³-hybridized carbons (Fsp3) is 0.357. The number of hydrogen-bond acceptors (Lipinski definition) is 2.